The van der Waals surface area contributed by atoms with Gasteiger partial charge in [0, 0.05) is 13.0 Å². The number of unbranched alkanes of at least 4 members (excludes halogenated alkanes) is 30. The molecule has 0 aliphatic heterocycles. The lowest BCUT2D eigenvalue weighted by atomic mass is 10.0. The van der Waals surface area contributed by atoms with Gasteiger partial charge in [0.1, 0.15) is 0 Å². The van der Waals surface area contributed by atoms with E-state index in [-0.39, 0.29) is 25.7 Å². The van der Waals surface area contributed by atoms with Crippen LogP contribution in [0.4, 0.5) is 0 Å². The second-order valence-electron chi connectivity index (χ2n) is 16.7. The maximum Gasteiger partial charge on any atom is 0.472 e. The molecule has 0 saturated carbocycles. The molecule has 0 rings (SSSR count). The van der Waals surface area contributed by atoms with Gasteiger partial charge in [0.2, 0.25) is 5.91 Å². The summed E-state index contributed by atoms with van der Waals surface area (Å²) in [5, 5.41) is 13.9. The third-order valence-corrected chi connectivity index (χ3v) is 12.0. The Labute approximate surface area is 353 Å². The van der Waals surface area contributed by atoms with Crippen LogP contribution in [-0.4, -0.2) is 47.8 Å². The lowest BCUT2D eigenvalue weighted by Crippen LogP contribution is -2.46. The first-order valence-electron chi connectivity index (χ1n) is 24.5. The molecule has 0 bridgehead atoms. The van der Waals surface area contributed by atoms with Crippen molar-refractivity contribution in [2.24, 2.45) is 5.73 Å². The first-order chi connectivity index (χ1) is 27.9. The summed E-state index contributed by atoms with van der Waals surface area (Å²) < 4.78 is 22.3. The Morgan fingerprint density at radius 3 is 1.42 bits per heavy atom. The molecule has 0 aliphatic rings. The first-order valence-corrected chi connectivity index (χ1v) is 25.9. The number of allylic oxidation sites excluding steroid dienone is 4. The number of carbonyl (C=O) groups excluding carboxylic acids is 1. The number of amides is 1. The van der Waals surface area contributed by atoms with Gasteiger partial charge in [0.05, 0.1) is 25.4 Å². The Bertz CT molecular complexity index is 948. The van der Waals surface area contributed by atoms with Gasteiger partial charge in [-0.1, -0.05) is 218 Å². The molecule has 3 atom stereocenters. The van der Waals surface area contributed by atoms with Crippen molar-refractivity contribution in [2.75, 3.05) is 19.8 Å². The number of carbonyl (C=O) groups is 1. The third kappa shape index (κ3) is 42.9. The van der Waals surface area contributed by atoms with E-state index in [0.29, 0.717) is 12.8 Å². The summed E-state index contributed by atoms with van der Waals surface area (Å²) in [4.78, 5) is 22.8. The van der Waals surface area contributed by atoms with Crippen molar-refractivity contribution in [3.05, 3.63) is 24.3 Å². The van der Waals surface area contributed by atoms with Gasteiger partial charge in [-0.25, -0.2) is 4.57 Å². The summed E-state index contributed by atoms with van der Waals surface area (Å²) in [7, 11) is -4.32. The highest BCUT2D eigenvalue weighted by molar-refractivity contribution is 7.47. The smallest absolute Gasteiger partial charge is 0.391 e. The third-order valence-electron chi connectivity index (χ3n) is 11.1. The van der Waals surface area contributed by atoms with Crippen LogP contribution in [0.5, 0.6) is 0 Å². The second kappa shape index (κ2) is 44.5. The van der Waals surface area contributed by atoms with Gasteiger partial charge < -0.3 is 21.1 Å². The zero-order chi connectivity index (χ0) is 41.8. The highest BCUT2D eigenvalue weighted by Crippen LogP contribution is 2.43. The summed E-state index contributed by atoms with van der Waals surface area (Å²) in [6.45, 7) is 4.21. The van der Waals surface area contributed by atoms with Crippen molar-refractivity contribution < 1.29 is 28.4 Å². The predicted molar refractivity (Wildman–Crippen MR) is 245 cm³/mol. The number of aliphatic hydroxyl groups is 1. The van der Waals surface area contributed by atoms with Crippen molar-refractivity contribution in [3.63, 3.8) is 0 Å². The highest BCUT2D eigenvalue weighted by Gasteiger charge is 2.27. The first kappa shape index (κ1) is 56.0. The number of hydrogen-bond donors (Lipinski definition) is 4. The standard InChI is InChI=1S/C48H95N2O6P/c1-3-5-7-9-11-13-15-17-19-21-23-25-27-29-31-33-35-37-39-41-47(51)46(45-56-57(53,54)55-44-43-49)50-48(52)42-40-38-36-34-32-30-28-26-24-22-20-18-16-14-12-10-8-6-4-2/h12,14,18,20,46-47,51H,3-11,13,15-17,19,21-45,49H2,1-2H3,(H,50,52)(H,53,54)/b14-12-,20-18-. The van der Waals surface area contributed by atoms with Gasteiger partial charge in [-0.3, -0.25) is 13.8 Å². The van der Waals surface area contributed by atoms with Crippen LogP contribution in [-0.2, 0) is 18.4 Å². The molecule has 3 unspecified atom stereocenters. The minimum atomic E-state index is -4.32. The van der Waals surface area contributed by atoms with Crippen LogP contribution in [0.15, 0.2) is 24.3 Å². The zero-order valence-corrected chi connectivity index (χ0v) is 38.5. The normalized spacial score (nSPS) is 14.1. The predicted octanol–water partition coefficient (Wildman–Crippen LogP) is 14.1. The molecule has 0 aliphatic carbocycles. The molecule has 9 heteroatoms. The molecule has 0 aromatic rings. The molecule has 0 heterocycles. The van der Waals surface area contributed by atoms with E-state index in [1.807, 2.05) is 0 Å². The van der Waals surface area contributed by atoms with Crippen molar-refractivity contribution >= 4 is 13.7 Å². The Kier molecular flexibility index (Phi) is 43.7. The Morgan fingerprint density at radius 2 is 0.965 bits per heavy atom. The van der Waals surface area contributed by atoms with E-state index < -0.39 is 20.0 Å². The summed E-state index contributed by atoms with van der Waals surface area (Å²) >= 11 is 0. The largest absolute Gasteiger partial charge is 0.472 e. The number of rotatable bonds is 46. The molecule has 0 spiro atoms. The van der Waals surface area contributed by atoms with Gasteiger partial charge in [-0.2, -0.15) is 0 Å². The second-order valence-corrected chi connectivity index (χ2v) is 18.1. The summed E-state index contributed by atoms with van der Waals surface area (Å²) in [6, 6.07) is -0.775. The molecule has 0 aromatic heterocycles. The summed E-state index contributed by atoms with van der Waals surface area (Å²) in [5.41, 5.74) is 5.39. The van der Waals surface area contributed by atoms with Gasteiger partial charge in [-0.15, -0.1) is 0 Å². The maximum atomic E-state index is 12.8. The molecule has 0 fully saturated rings. The van der Waals surface area contributed by atoms with Crippen LogP contribution >= 0.6 is 7.82 Å². The molecule has 0 saturated heterocycles. The number of phosphoric acid groups is 1. The Hall–Kier alpha value is -1.02. The van der Waals surface area contributed by atoms with Gasteiger partial charge in [-0.05, 0) is 44.9 Å². The summed E-state index contributed by atoms with van der Waals surface area (Å²) in [6.07, 6.45) is 51.9. The van der Waals surface area contributed by atoms with Crippen molar-refractivity contribution in [2.45, 2.75) is 257 Å². The van der Waals surface area contributed by atoms with E-state index in [1.54, 1.807) is 0 Å². The zero-order valence-electron chi connectivity index (χ0n) is 37.6. The van der Waals surface area contributed by atoms with Crippen LogP contribution in [0.1, 0.15) is 245 Å². The van der Waals surface area contributed by atoms with Crippen molar-refractivity contribution in [3.8, 4) is 0 Å². The Morgan fingerprint density at radius 1 is 0.579 bits per heavy atom. The average molecular weight is 827 g/mol. The van der Waals surface area contributed by atoms with E-state index in [9.17, 15) is 19.4 Å². The van der Waals surface area contributed by atoms with E-state index in [0.717, 1.165) is 44.9 Å². The van der Waals surface area contributed by atoms with Crippen molar-refractivity contribution in [1.82, 2.24) is 5.32 Å². The van der Waals surface area contributed by atoms with Gasteiger partial charge in [0.25, 0.3) is 0 Å². The molecular formula is C48H95N2O6P. The minimum absolute atomic E-state index is 0.0890. The lowest BCUT2D eigenvalue weighted by Gasteiger charge is -2.25. The van der Waals surface area contributed by atoms with E-state index in [2.05, 4.69) is 43.5 Å². The molecule has 8 nitrogen and oxygen atoms in total. The van der Waals surface area contributed by atoms with Crippen LogP contribution in [0.25, 0.3) is 0 Å². The molecule has 57 heavy (non-hydrogen) atoms. The van der Waals surface area contributed by atoms with E-state index in [4.69, 9.17) is 14.8 Å². The number of hydrogen-bond acceptors (Lipinski definition) is 6. The topological polar surface area (TPSA) is 131 Å². The molecule has 1 amide bonds. The fourth-order valence-electron chi connectivity index (χ4n) is 7.34. The molecule has 0 radical (unpaired) electrons. The minimum Gasteiger partial charge on any atom is -0.391 e. The number of nitrogens with two attached hydrogens (primary N) is 1. The fourth-order valence-corrected chi connectivity index (χ4v) is 8.10. The van der Waals surface area contributed by atoms with Gasteiger partial charge in [0.15, 0.2) is 0 Å². The van der Waals surface area contributed by atoms with Gasteiger partial charge >= 0.3 is 7.82 Å². The Balaban J connectivity index is 4.08. The van der Waals surface area contributed by atoms with E-state index in [1.165, 1.54) is 173 Å². The number of phosphoric ester groups is 1. The highest BCUT2D eigenvalue weighted by atomic mass is 31.2. The number of nitrogens with one attached hydrogen (secondary N) is 1. The van der Waals surface area contributed by atoms with Crippen molar-refractivity contribution in [1.29, 1.82) is 0 Å². The molecule has 0 aromatic carbocycles. The van der Waals surface area contributed by atoms with Crippen LogP contribution in [0.2, 0.25) is 0 Å². The molecular weight excluding hydrogens is 732 g/mol. The van der Waals surface area contributed by atoms with Crippen LogP contribution in [0, 0.1) is 0 Å². The van der Waals surface area contributed by atoms with Crippen LogP contribution < -0.4 is 11.1 Å². The fraction of sp³-hybridized carbons (Fsp3) is 0.896. The summed E-state index contributed by atoms with van der Waals surface area (Å²) in [5.74, 6) is -0.163. The molecule has 5 N–H and O–H groups in total. The maximum absolute atomic E-state index is 12.8. The lowest BCUT2D eigenvalue weighted by molar-refractivity contribution is -0.123. The average Bonchev–Trinajstić information content (AvgIpc) is 3.20. The quantitative estimate of drug-likeness (QED) is 0.0273. The molecule has 338 valence electrons. The number of aliphatic hydroxyl groups excluding tert-OH is 1. The van der Waals surface area contributed by atoms with Crippen LogP contribution in [0.3, 0.4) is 0 Å². The van der Waals surface area contributed by atoms with E-state index >= 15 is 0 Å². The SMILES string of the molecule is CCCCC/C=C\C/C=C\CCCCCCCCCCCC(=O)NC(COP(=O)(O)OCCN)C(O)CCCCCCCCCCCCCCCCCCCCC. The monoisotopic (exact) mass is 827 g/mol.